The summed E-state index contributed by atoms with van der Waals surface area (Å²) in [5, 5.41) is 3.05. The van der Waals surface area contributed by atoms with Crippen LogP contribution in [-0.2, 0) is 9.59 Å². The van der Waals surface area contributed by atoms with Crippen molar-refractivity contribution >= 4 is 17.5 Å². The highest BCUT2D eigenvalue weighted by molar-refractivity contribution is 6.01. The van der Waals surface area contributed by atoms with E-state index in [2.05, 4.69) is 22.3 Å². The number of para-hydroxylation sites is 2. The molecule has 2 amide bonds. The highest BCUT2D eigenvalue weighted by Crippen LogP contribution is 2.33. The average Bonchev–Trinajstić information content (AvgIpc) is 3.11. The van der Waals surface area contributed by atoms with Crippen molar-refractivity contribution in [3.05, 3.63) is 60.2 Å². The predicted molar refractivity (Wildman–Crippen MR) is 114 cm³/mol. The average molecular weight is 396 g/mol. The smallest absolute Gasteiger partial charge is 0.227 e. The molecule has 0 saturated carbocycles. The zero-order chi connectivity index (χ0) is 20.8. The quantitative estimate of drug-likeness (QED) is 0.747. The fourth-order valence-electron chi connectivity index (χ4n) is 3.69. The molecule has 2 aromatic rings. The fourth-order valence-corrected chi connectivity index (χ4v) is 3.69. The third-order valence-corrected chi connectivity index (χ3v) is 5.23. The van der Waals surface area contributed by atoms with E-state index in [4.69, 9.17) is 4.74 Å². The lowest BCUT2D eigenvalue weighted by Crippen LogP contribution is -2.38. The summed E-state index contributed by atoms with van der Waals surface area (Å²) in [6, 6.07) is 17.6. The summed E-state index contributed by atoms with van der Waals surface area (Å²) in [5.74, 6) is 0.166. The van der Waals surface area contributed by atoms with Crippen molar-refractivity contribution < 1.29 is 14.3 Å². The molecule has 2 unspecified atom stereocenters. The van der Waals surface area contributed by atoms with Crippen molar-refractivity contribution in [1.82, 2.24) is 10.2 Å². The summed E-state index contributed by atoms with van der Waals surface area (Å²) >= 11 is 0. The molecule has 1 fully saturated rings. The van der Waals surface area contributed by atoms with Crippen molar-refractivity contribution in [3.63, 3.8) is 0 Å². The van der Waals surface area contributed by atoms with E-state index >= 15 is 0 Å². The molecule has 1 aliphatic rings. The maximum atomic E-state index is 12.8. The Labute approximate surface area is 172 Å². The molecular formula is C23H29N3O3. The van der Waals surface area contributed by atoms with Gasteiger partial charge in [0.2, 0.25) is 11.8 Å². The molecule has 0 spiro atoms. The lowest BCUT2D eigenvalue weighted by molar-refractivity contribution is -0.126. The van der Waals surface area contributed by atoms with Crippen molar-refractivity contribution in [2.75, 3.05) is 38.7 Å². The van der Waals surface area contributed by atoms with Gasteiger partial charge in [0.25, 0.3) is 0 Å². The number of anilines is 1. The highest BCUT2D eigenvalue weighted by Gasteiger charge is 2.36. The van der Waals surface area contributed by atoms with E-state index < -0.39 is 0 Å². The van der Waals surface area contributed by atoms with Crippen molar-refractivity contribution in [2.45, 2.75) is 19.4 Å². The van der Waals surface area contributed by atoms with Crippen LogP contribution in [0.25, 0.3) is 0 Å². The monoisotopic (exact) mass is 395 g/mol. The highest BCUT2D eigenvalue weighted by atomic mass is 16.5. The number of carbonyl (C=O) groups excluding carboxylic acids is 2. The van der Waals surface area contributed by atoms with Gasteiger partial charge in [0.05, 0.1) is 24.3 Å². The number of hydrogen-bond acceptors (Lipinski definition) is 4. The Balaban J connectivity index is 1.65. The third-order valence-electron chi connectivity index (χ3n) is 5.23. The van der Waals surface area contributed by atoms with Gasteiger partial charge in [-0.2, -0.15) is 0 Å². The van der Waals surface area contributed by atoms with Crippen LogP contribution in [0.4, 0.5) is 5.69 Å². The molecule has 6 heteroatoms. The van der Waals surface area contributed by atoms with Gasteiger partial charge in [-0.3, -0.25) is 9.59 Å². The number of nitrogens with zero attached hydrogens (tertiary/aromatic N) is 2. The summed E-state index contributed by atoms with van der Waals surface area (Å²) < 4.78 is 5.65. The van der Waals surface area contributed by atoms with Crippen LogP contribution in [-0.4, -0.2) is 50.5 Å². The van der Waals surface area contributed by atoms with Gasteiger partial charge >= 0.3 is 0 Å². The van der Waals surface area contributed by atoms with Gasteiger partial charge in [-0.25, -0.2) is 0 Å². The minimum atomic E-state index is -0.365. The van der Waals surface area contributed by atoms with E-state index in [1.807, 2.05) is 63.5 Å². The van der Waals surface area contributed by atoms with Crippen LogP contribution in [0.15, 0.2) is 54.6 Å². The van der Waals surface area contributed by atoms with Crippen LogP contribution in [0.1, 0.15) is 24.9 Å². The molecule has 29 heavy (non-hydrogen) atoms. The van der Waals surface area contributed by atoms with Gasteiger partial charge in [0.15, 0.2) is 0 Å². The molecule has 154 valence electrons. The lowest BCUT2D eigenvalue weighted by Gasteiger charge is -2.25. The van der Waals surface area contributed by atoms with E-state index in [0.29, 0.717) is 25.4 Å². The molecule has 1 aliphatic heterocycles. The van der Waals surface area contributed by atoms with E-state index in [9.17, 15) is 9.59 Å². The normalized spacial score (nSPS) is 17.4. The predicted octanol–water partition coefficient (Wildman–Crippen LogP) is 2.86. The molecule has 6 nitrogen and oxygen atoms in total. The molecule has 0 bridgehead atoms. The number of benzene rings is 2. The number of amides is 2. The lowest BCUT2D eigenvalue weighted by atomic mass is 10.0. The number of ether oxygens (including phenoxy) is 1. The van der Waals surface area contributed by atoms with Crippen molar-refractivity contribution in [3.8, 4) is 5.75 Å². The number of likely N-dealkylation sites (N-methyl/N-ethyl adjacent to an activating group) is 1. The maximum Gasteiger partial charge on any atom is 0.227 e. The van der Waals surface area contributed by atoms with Gasteiger partial charge in [0.1, 0.15) is 5.75 Å². The largest absolute Gasteiger partial charge is 0.492 e. The molecule has 0 radical (unpaired) electrons. The Bertz CT molecular complexity index is 838. The van der Waals surface area contributed by atoms with Crippen LogP contribution in [0, 0.1) is 5.92 Å². The minimum absolute atomic E-state index is 0.0514. The van der Waals surface area contributed by atoms with Crippen LogP contribution >= 0.6 is 0 Å². The Morgan fingerprint density at radius 3 is 2.55 bits per heavy atom. The Hall–Kier alpha value is -2.86. The Kier molecular flexibility index (Phi) is 6.88. The van der Waals surface area contributed by atoms with Crippen LogP contribution in [0.3, 0.4) is 0 Å². The molecule has 1 N–H and O–H groups in total. The Morgan fingerprint density at radius 2 is 1.86 bits per heavy atom. The third kappa shape index (κ3) is 4.95. The fraction of sp³-hybridized carbons (Fsp3) is 0.391. The molecule has 3 rings (SSSR count). The molecule has 1 saturated heterocycles. The number of carbonyl (C=O) groups is 2. The van der Waals surface area contributed by atoms with E-state index in [0.717, 1.165) is 11.3 Å². The first kappa shape index (κ1) is 20.9. The second-order valence-corrected chi connectivity index (χ2v) is 7.44. The molecule has 0 aliphatic carbocycles. The molecular weight excluding hydrogens is 366 g/mol. The first-order valence-electron chi connectivity index (χ1n) is 10.0. The van der Waals surface area contributed by atoms with E-state index in [1.54, 1.807) is 4.90 Å². The summed E-state index contributed by atoms with van der Waals surface area (Å²) in [6.07, 6.45) is 0.213. The van der Waals surface area contributed by atoms with Gasteiger partial charge in [0, 0.05) is 19.5 Å². The standard InChI is InChI=1S/C23H29N3O3/c1-4-29-21-13-9-8-12-19(21)26-16-18(14-22(26)27)23(28)24-15-20(25(2)3)17-10-6-5-7-11-17/h5-13,18,20H,4,14-16H2,1-3H3,(H,24,28). The summed E-state index contributed by atoms with van der Waals surface area (Å²) in [7, 11) is 3.99. The van der Waals surface area contributed by atoms with E-state index in [1.165, 1.54) is 0 Å². The molecule has 2 aromatic carbocycles. The molecule has 1 heterocycles. The van der Waals surface area contributed by atoms with Crippen molar-refractivity contribution in [2.24, 2.45) is 5.92 Å². The van der Waals surface area contributed by atoms with Gasteiger partial charge in [-0.15, -0.1) is 0 Å². The summed E-state index contributed by atoms with van der Waals surface area (Å²) in [4.78, 5) is 29.1. The Morgan fingerprint density at radius 1 is 1.17 bits per heavy atom. The van der Waals surface area contributed by atoms with Crippen LogP contribution in [0.2, 0.25) is 0 Å². The van der Waals surface area contributed by atoms with Gasteiger partial charge in [-0.05, 0) is 38.7 Å². The van der Waals surface area contributed by atoms with Gasteiger partial charge in [-0.1, -0.05) is 42.5 Å². The summed E-state index contributed by atoms with van der Waals surface area (Å²) in [6.45, 7) is 3.30. The minimum Gasteiger partial charge on any atom is -0.492 e. The molecule has 2 atom stereocenters. The molecule has 0 aromatic heterocycles. The second-order valence-electron chi connectivity index (χ2n) is 7.44. The summed E-state index contributed by atoms with van der Waals surface area (Å²) in [5.41, 5.74) is 1.87. The first-order valence-corrected chi connectivity index (χ1v) is 10.0. The first-order chi connectivity index (χ1) is 14.0. The maximum absolute atomic E-state index is 12.8. The van der Waals surface area contributed by atoms with Crippen LogP contribution in [0.5, 0.6) is 5.75 Å². The van der Waals surface area contributed by atoms with Crippen molar-refractivity contribution in [1.29, 1.82) is 0 Å². The SMILES string of the molecule is CCOc1ccccc1N1CC(C(=O)NCC(c2ccccc2)N(C)C)CC1=O. The number of rotatable bonds is 8. The zero-order valence-electron chi connectivity index (χ0n) is 17.3. The van der Waals surface area contributed by atoms with Crippen LogP contribution < -0.4 is 15.0 Å². The number of hydrogen-bond donors (Lipinski definition) is 1. The topological polar surface area (TPSA) is 61.9 Å². The van der Waals surface area contributed by atoms with E-state index in [-0.39, 0.29) is 30.2 Å². The number of nitrogens with one attached hydrogen (secondary N) is 1. The second kappa shape index (κ2) is 9.56. The van der Waals surface area contributed by atoms with Gasteiger partial charge < -0.3 is 19.9 Å². The zero-order valence-corrected chi connectivity index (χ0v) is 17.3.